The van der Waals surface area contributed by atoms with E-state index in [1.54, 1.807) is 29.3 Å². The van der Waals surface area contributed by atoms with Crippen LogP contribution in [0.25, 0.3) is 32.9 Å². The summed E-state index contributed by atoms with van der Waals surface area (Å²) in [6.07, 6.45) is 8.20. The van der Waals surface area contributed by atoms with E-state index >= 15 is 8.78 Å². The van der Waals surface area contributed by atoms with Gasteiger partial charge in [-0.2, -0.15) is 9.97 Å². The lowest BCUT2D eigenvalue weighted by molar-refractivity contribution is -0.136. The van der Waals surface area contributed by atoms with Crippen molar-refractivity contribution in [2.45, 2.75) is 102 Å². The van der Waals surface area contributed by atoms with Gasteiger partial charge in [0.15, 0.2) is 12.6 Å². The summed E-state index contributed by atoms with van der Waals surface area (Å²) >= 11 is 0. The zero-order chi connectivity index (χ0) is 52.5. The van der Waals surface area contributed by atoms with E-state index in [2.05, 4.69) is 31.0 Å². The number of pyridine rings is 1. The summed E-state index contributed by atoms with van der Waals surface area (Å²) in [5.74, 6) is -0.992. The molecule has 0 bridgehead atoms. The molecule has 1 aliphatic carbocycles. The van der Waals surface area contributed by atoms with Gasteiger partial charge < -0.3 is 38.9 Å². The van der Waals surface area contributed by atoms with Crippen LogP contribution in [0.1, 0.15) is 86.7 Å². The van der Waals surface area contributed by atoms with Crippen molar-refractivity contribution >= 4 is 50.9 Å². The molecule has 402 valence electrons. The lowest BCUT2D eigenvalue weighted by Gasteiger charge is -2.52. The Bertz CT molecular complexity index is 3080. The minimum atomic E-state index is -0.963. The van der Waals surface area contributed by atoms with Crippen LogP contribution < -0.4 is 24.6 Å². The first-order valence-electron chi connectivity index (χ1n) is 27.3. The molecule has 5 saturated heterocycles. The van der Waals surface area contributed by atoms with Crippen LogP contribution in [-0.4, -0.2) is 174 Å². The monoisotopic (exact) mass is 1040 g/mol. The first-order chi connectivity index (χ1) is 36.8. The van der Waals surface area contributed by atoms with Crippen molar-refractivity contribution in [2.24, 2.45) is 5.41 Å². The van der Waals surface area contributed by atoms with Gasteiger partial charge in [0.1, 0.15) is 34.6 Å². The third kappa shape index (κ3) is 9.82. The summed E-state index contributed by atoms with van der Waals surface area (Å²) in [6, 6.07) is 13.2. The molecule has 3 amide bonds. The van der Waals surface area contributed by atoms with Crippen LogP contribution in [0.4, 0.5) is 20.3 Å². The maximum atomic E-state index is 17.4. The molecular weight excluding hydrogens is 975 g/mol. The number of piperidine rings is 3. The van der Waals surface area contributed by atoms with Gasteiger partial charge in [-0.15, -0.1) is 0 Å². The average Bonchev–Trinajstić information content (AvgIpc) is 4.10. The molecule has 0 spiro atoms. The fraction of sp³-hybridized carbons (Fsp3) is 0.544. The maximum absolute atomic E-state index is 17.4. The van der Waals surface area contributed by atoms with E-state index in [4.69, 9.17) is 29.2 Å². The van der Waals surface area contributed by atoms with Crippen molar-refractivity contribution in [2.75, 3.05) is 102 Å². The Labute approximate surface area is 441 Å². The SMILES string of the molecule is CCc1c(F)ccc2cc(OCOC)cc(-c3ncc4c(N5CCC[C@@](C)(O)C5)nc(OCC5(CN6CCC(N7CC(N8CCN(c9ccc%10c(c9)CN([C@H]9CCC(=O)NC9=O)C%10=O)CC8)C7)CC6)CC5)nc4c3F)c12. The van der Waals surface area contributed by atoms with Crippen molar-refractivity contribution in [3.05, 3.63) is 77.0 Å². The molecule has 8 heterocycles. The molecule has 0 radical (unpaired) electrons. The van der Waals surface area contributed by atoms with E-state index < -0.39 is 17.5 Å². The van der Waals surface area contributed by atoms with Crippen molar-refractivity contribution in [1.29, 1.82) is 0 Å². The molecule has 0 unspecified atom stereocenters. The number of hydrogen-bond acceptors (Lipinski definition) is 15. The van der Waals surface area contributed by atoms with Crippen LogP contribution in [0.3, 0.4) is 0 Å². The molecule has 12 rings (SSSR count). The standard InChI is InChI=1S/C57H68F2N10O7/c1-4-41-45(58)9-6-35-25-40(76-34-74-3)26-43(48(35)41)50-49(59)51-44(27-60-50)52(67-17-5-14-56(2,73)31-67)63-55(62-51)75-33-57(15-16-57)32-64-18-12-37(13-19-64)68-29-39(30-68)66-22-20-65(21-23-66)38-7-8-42-36(24-38)28-69(54(42)72)46-10-11-47(70)61-53(46)71/h6-9,24-27,37,39,46,73H,4-5,10-23,28-34H2,1-3H3,(H,61,70,71)/t46-,56+/m0/s1. The zero-order valence-electron chi connectivity index (χ0n) is 43.8. The number of likely N-dealkylation sites (tertiary alicyclic amines) is 2. The second-order valence-corrected chi connectivity index (χ2v) is 22.7. The van der Waals surface area contributed by atoms with Gasteiger partial charge in [-0.05, 0) is 130 Å². The minimum Gasteiger partial charge on any atom is -0.468 e. The number of rotatable bonds is 15. The number of methoxy groups -OCH3 is 1. The summed E-state index contributed by atoms with van der Waals surface area (Å²) in [6.45, 7) is 14.3. The van der Waals surface area contributed by atoms with E-state index in [0.29, 0.717) is 102 Å². The molecule has 19 heteroatoms. The van der Waals surface area contributed by atoms with Gasteiger partial charge in [0.2, 0.25) is 11.8 Å². The number of imide groups is 1. The van der Waals surface area contributed by atoms with Crippen LogP contribution in [0.5, 0.6) is 11.8 Å². The Kier molecular flexibility index (Phi) is 13.6. The van der Waals surface area contributed by atoms with E-state index in [-0.39, 0.29) is 59.4 Å². The highest BCUT2D eigenvalue weighted by atomic mass is 19.1. The maximum Gasteiger partial charge on any atom is 0.319 e. The summed E-state index contributed by atoms with van der Waals surface area (Å²) in [5.41, 5.74) is 2.54. The second kappa shape index (κ2) is 20.4. The van der Waals surface area contributed by atoms with Crippen LogP contribution in [0.15, 0.2) is 48.7 Å². The van der Waals surface area contributed by atoms with Crippen molar-refractivity contribution in [3.8, 4) is 23.0 Å². The number of anilines is 2. The van der Waals surface area contributed by atoms with Crippen molar-refractivity contribution < 1.29 is 42.5 Å². The number of benzene rings is 3. The number of piperazine rings is 1. The number of fused-ring (bicyclic) bond motifs is 3. The van der Waals surface area contributed by atoms with E-state index in [1.165, 1.54) is 13.2 Å². The highest BCUT2D eigenvalue weighted by molar-refractivity contribution is 6.06. The molecule has 2 atom stereocenters. The number of ether oxygens (including phenoxy) is 3. The largest absolute Gasteiger partial charge is 0.468 e. The first-order valence-corrected chi connectivity index (χ1v) is 27.3. The number of β-amino-alcohol motifs (C(OH)–C–C–N with tert-alkyl or cyclic N) is 1. The number of aliphatic hydroxyl groups is 1. The Morgan fingerprint density at radius 1 is 0.855 bits per heavy atom. The fourth-order valence-corrected chi connectivity index (χ4v) is 12.9. The number of aryl methyl sites for hydroxylation is 1. The van der Waals surface area contributed by atoms with Gasteiger partial charge in [-0.25, -0.2) is 8.78 Å². The number of nitrogens with one attached hydrogen (secondary N) is 1. The van der Waals surface area contributed by atoms with E-state index in [1.807, 2.05) is 30.9 Å². The van der Waals surface area contributed by atoms with Crippen LogP contribution >= 0.6 is 0 Å². The molecule has 7 aliphatic rings. The zero-order valence-corrected chi connectivity index (χ0v) is 43.8. The van der Waals surface area contributed by atoms with Gasteiger partial charge >= 0.3 is 6.01 Å². The number of amides is 3. The number of carbonyl (C=O) groups is 3. The Balaban J connectivity index is 0.670. The third-order valence-corrected chi connectivity index (χ3v) is 17.4. The van der Waals surface area contributed by atoms with Crippen LogP contribution in [0.2, 0.25) is 0 Å². The summed E-state index contributed by atoms with van der Waals surface area (Å²) in [7, 11) is 1.52. The second-order valence-electron chi connectivity index (χ2n) is 22.7. The smallest absolute Gasteiger partial charge is 0.319 e. The topological polar surface area (TPSA) is 169 Å². The van der Waals surface area contributed by atoms with Gasteiger partial charge in [-0.1, -0.05) is 13.0 Å². The summed E-state index contributed by atoms with van der Waals surface area (Å²) < 4.78 is 50.4. The van der Waals surface area contributed by atoms with Gasteiger partial charge in [0.05, 0.1) is 17.6 Å². The number of nitrogens with zero attached hydrogens (tertiary/aromatic N) is 9. The number of hydrogen-bond donors (Lipinski definition) is 2. The number of carbonyl (C=O) groups excluding carboxylic acids is 3. The van der Waals surface area contributed by atoms with Crippen molar-refractivity contribution in [3.63, 3.8) is 0 Å². The lowest BCUT2D eigenvalue weighted by atomic mass is 9.94. The minimum absolute atomic E-state index is 0.00743. The third-order valence-electron chi connectivity index (χ3n) is 17.4. The lowest BCUT2D eigenvalue weighted by Crippen LogP contribution is -2.66. The van der Waals surface area contributed by atoms with Crippen LogP contribution in [0, 0.1) is 17.0 Å². The fourth-order valence-electron chi connectivity index (χ4n) is 12.9. The van der Waals surface area contributed by atoms with Crippen LogP contribution in [-0.2, 0) is 27.3 Å². The van der Waals surface area contributed by atoms with E-state index in [9.17, 15) is 19.5 Å². The molecule has 2 N–H and O–H groups in total. The molecule has 3 aromatic carbocycles. The highest BCUT2D eigenvalue weighted by Gasteiger charge is 2.47. The average molecular weight is 1040 g/mol. The number of halogens is 2. The molecule has 5 aromatic rings. The molecule has 2 aromatic heterocycles. The van der Waals surface area contributed by atoms with Crippen molar-refractivity contribution in [1.82, 2.24) is 39.9 Å². The molecule has 6 fully saturated rings. The van der Waals surface area contributed by atoms with Gasteiger partial charge in [0.25, 0.3) is 5.91 Å². The Morgan fingerprint density at radius 3 is 2.39 bits per heavy atom. The van der Waals surface area contributed by atoms with E-state index in [0.717, 1.165) is 102 Å². The normalized spacial score (nSPS) is 23.8. The highest BCUT2D eigenvalue weighted by Crippen LogP contribution is 2.47. The molecule has 1 saturated carbocycles. The summed E-state index contributed by atoms with van der Waals surface area (Å²) in [4.78, 5) is 65.7. The molecule has 17 nitrogen and oxygen atoms in total. The Hall–Kier alpha value is -6.12. The predicted molar refractivity (Wildman–Crippen MR) is 282 cm³/mol. The predicted octanol–water partition coefficient (Wildman–Crippen LogP) is 5.91. The molecule has 76 heavy (non-hydrogen) atoms. The first kappa shape index (κ1) is 50.7. The molecule has 6 aliphatic heterocycles. The van der Waals surface area contributed by atoms with Gasteiger partial charge in [0, 0.05) is 119 Å². The number of aromatic nitrogens is 3. The summed E-state index contributed by atoms with van der Waals surface area (Å²) in [5, 5.41) is 15.2. The van der Waals surface area contributed by atoms with Gasteiger partial charge in [-0.3, -0.25) is 34.5 Å². The molecular formula is C57H68F2N10O7. The quantitative estimate of drug-likeness (QED) is 0.0937. The Morgan fingerprint density at radius 2 is 1.66 bits per heavy atom.